The summed E-state index contributed by atoms with van der Waals surface area (Å²) in [6.45, 7) is 16.0. The van der Waals surface area contributed by atoms with E-state index in [1.807, 2.05) is 51.1 Å². The summed E-state index contributed by atoms with van der Waals surface area (Å²) in [4.78, 5) is 6.38. The molecule has 3 aliphatic heterocycles. The first kappa shape index (κ1) is 33.3. The molecule has 3 aliphatic rings. The van der Waals surface area contributed by atoms with Crippen molar-refractivity contribution in [2.45, 2.75) is 78.8 Å². The zero-order valence-electron chi connectivity index (χ0n) is 24.9. The molecule has 0 N–H and O–H groups in total. The second-order valence-electron chi connectivity index (χ2n) is 11.2. The molecule has 2 aromatic heterocycles. The highest BCUT2D eigenvalue weighted by Crippen LogP contribution is 2.23. The molecule has 7 nitrogen and oxygen atoms in total. The molecule has 5 heterocycles. The molecule has 214 valence electrons. The number of imidazole rings is 1. The van der Waals surface area contributed by atoms with E-state index < -0.39 is 5.67 Å². The van der Waals surface area contributed by atoms with Crippen LogP contribution < -0.4 is 0 Å². The Morgan fingerprint density at radius 1 is 0.865 bits per heavy atom. The van der Waals surface area contributed by atoms with Crippen LogP contribution in [0.4, 0.5) is 4.39 Å². The van der Waals surface area contributed by atoms with Gasteiger partial charge in [0.2, 0.25) is 0 Å². The summed E-state index contributed by atoms with van der Waals surface area (Å²) in [5, 5.41) is 3.93. The Kier molecular flexibility index (Phi) is 16.6. The van der Waals surface area contributed by atoms with Crippen molar-refractivity contribution in [1.82, 2.24) is 24.2 Å². The summed E-state index contributed by atoms with van der Waals surface area (Å²) in [6, 6.07) is 0. The summed E-state index contributed by atoms with van der Waals surface area (Å²) in [5.41, 5.74) is 1.34. The van der Waals surface area contributed by atoms with Gasteiger partial charge in [-0.15, -0.1) is 0 Å². The molecule has 0 saturated carbocycles. The standard InChI is InChI=1S/C7H15N.C6H11FO.C6H12O.2C5H8N2/c1-7-3-5-8(2)6-4-7;1-6(7)2-4-8-5-3-6;1-6-2-4-7-5-3-6;1-5-3-7(2)4-6-5;1-5-3-6-7(2)4-5/h7H,3-6H2,1-2H3;2-5H2,1H3;6H,2-5H2,1H3;2*3-4H,1-2H3. The van der Waals surface area contributed by atoms with E-state index >= 15 is 0 Å². The lowest BCUT2D eigenvalue weighted by Crippen LogP contribution is -2.28. The molecule has 3 saturated heterocycles. The van der Waals surface area contributed by atoms with E-state index in [1.54, 1.807) is 17.9 Å². The quantitative estimate of drug-likeness (QED) is 0.439. The van der Waals surface area contributed by atoms with Crippen LogP contribution in [0.2, 0.25) is 0 Å². The summed E-state index contributed by atoms with van der Waals surface area (Å²) < 4.78 is 26.6. The Bertz CT molecular complexity index is 720. The lowest BCUT2D eigenvalue weighted by Gasteiger charge is -2.26. The van der Waals surface area contributed by atoms with Crippen LogP contribution in [0.3, 0.4) is 0 Å². The monoisotopic (exact) mass is 523 g/mol. The van der Waals surface area contributed by atoms with E-state index in [9.17, 15) is 4.39 Å². The Morgan fingerprint density at radius 2 is 1.41 bits per heavy atom. The van der Waals surface area contributed by atoms with Gasteiger partial charge in [-0.05, 0) is 84.0 Å². The predicted octanol–water partition coefficient (Wildman–Crippen LogP) is 5.76. The van der Waals surface area contributed by atoms with Crippen molar-refractivity contribution in [2.24, 2.45) is 25.9 Å². The zero-order chi connectivity index (χ0) is 27.7. The van der Waals surface area contributed by atoms with Gasteiger partial charge in [0.15, 0.2) is 0 Å². The van der Waals surface area contributed by atoms with Crippen molar-refractivity contribution >= 4 is 0 Å². The first-order valence-electron chi connectivity index (χ1n) is 13.9. The highest BCUT2D eigenvalue weighted by molar-refractivity contribution is 4.98. The maximum absolute atomic E-state index is 12.8. The van der Waals surface area contributed by atoms with Crippen LogP contribution in [0, 0.1) is 25.7 Å². The zero-order valence-corrected chi connectivity index (χ0v) is 24.9. The molecule has 0 atom stereocenters. The molecule has 0 unspecified atom stereocenters. The van der Waals surface area contributed by atoms with Gasteiger partial charge in [-0.3, -0.25) is 4.68 Å². The highest BCUT2D eigenvalue weighted by atomic mass is 19.1. The largest absolute Gasteiger partial charge is 0.381 e. The van der Waals surface area contributed by atoms with E-state index in [0.717, 1.165) is 30.7 Å². The minimum atomic E-state index is -0.946. The first-order valence-corrected chi connectivity index (χ1v) is 13.9. The molecule has 0 radical (unpaired) electrons. The fraction of sp³-hybridized carbons (Fsp3) is 0.793. The van der Waals surface area contributed by atoms with Gasteiger partial charge in [-0.2, -0.15) is 5.10 Å². The number of aryl methyl sites for hydroxylation is 4. The smallest absolute Gasteiger partial charge is 0.112 e. The number of ether oxygens (including phenoxy) is 2. The lowest BCUT2D eigenvalue weighted by atomic mass is 10.00. The van der Waals surface area contributed by atoms with Crippen LogP contribution >= 0.6 is 0 Å². The summed E-state index contributed by atoms with van der Waals surface area (Å²) in [7, 11) is 6.07. The van der Waals surface area contributed by atoms with E-state index in [0.29, 0.717) is 26.1 Å². The van der Waals surface area contributed by atoms with Crippen molar-refractivity contribution in [3.05, 3.63) is 36.2 Å². The molecule has 8 heteroatoms. The van der Waals surface area contributed by atoms with Gasteiger partial charge in [0, 0.05) is 65.8 Å². The van der Waals surface area contributed by atoms with Gasteiger partial charge in [-0.25, -0.2) is 9.37 Å². The SMILES string of the molecule is CC1(F)CCOCC1.CC1CCN(C)CC1.CC1CCOCC1.Cc1cn(C)cn1.Cc1cnn(C)c1. The molecule has 0 amide bonds. The topological polar surface area (TPSA) is 57.3 Å². The first-order chi connectivity index (χ1) is 17.5. The number of rotatable bonds is 0. The molecule has 0 bridgehead atoms. The van der Waals surface area contributed by atoms with Crippen molar-refractivity contribution in [3.63, 3.8) is 0 Å². The fourth-order valence-corrected chi connectivity index (χ4v) is 3.84. The second-order valence-corrected chi connectivity index (χ2v) is 11.2. The molecule has 5 rings (SSSR count). The van der Waals surface area contributed by atoms with Gasteiger partial charge in [0.05, 0.1) is 18.2 Å². The Morgan fingerprint density at radius 3 is 1.65 bits per heavy atom. The van der Waals surface area contributed by atoms with Crippen molar-refractivity contribution < 1.29 is 13.9 Å². The van der Waals surface area contributed by atoms with E-state index in [4.69, 9.17) is 9.47 Å². The van der Waals surface area contributed by atoms with Crippen LogP contribution in [0.25, 0.3) is 0 Å². The Balaban J connectivity index is 0.000000232. The Labute approximate surface area is 225 Å². The Hall–Kier alpha value is -1.77. The minimum Gasteiger partial charge on any atom is -0.381 e. The molecule has 0 spiro atoms. The minimum absolute atomic E-state index is 0.562. The van der Waals surface area contributed by atoms with Gasteiger partial charge in [0.1, 0.15) is 5.67 Å². The number of hydrogen-bond acceptors (Lipinski definition) is 5. The van der Waals surface area contributed by atoms with Crippen LogP contribution in [-0.4, -0.2) is 76.5 Å². The lowest BCUT2D eigenvalue weighted by molar-refractivity contribution is 0.00200. The van der Waals surface area contributed by atoms with Gasteiger partial charge in [0.25, 0.3) is 0 Å². The van der Waals surface area contributed by atoms with E-state index in [1.165, 1.54) is 44.3 Å². The van der Waals surface area contributed by atoms with Crippen molar-refractivity contribution in [2.75, 3.05) is 46.6 Å². The van der Waals surface area contributed by atoms with E-state index in [-0.39, 0.29) is 0 Å². The van der Waals surface area contributed by atoms with Gasteiger partial charge >= 0.3 is 0 Å². The molecular weight excluding hydrogens is 469 g/mol. The average Bonchev–Trinajstić information content (AvgIpc) is 3.43. The number of piperidine rings is 1. The number of halogens is 1. The maximum atomic E-state index is 12.8. The summed E-state index contributed by atoms with van der Waals surface area (Å²) >= 11 is 0. The molecule has 3 fully saturated rings. The third kappa shape index (κ3) is 18.2. The highest BCUT2D eigenvalue weighted by Gasteiger charge is 2.25. The fourth-order valence-electron chi connectivity index (χ4n) is 3.84. The summed E-state index contributed by atoms with van der Waals surface area (Å²) in [5.74, 6) is 1.89. The van der Waals surface area contributed by atoms with E-state index in [2.05, 4.69) is 35.9 Å². The number of alkyl halides is 1. The summed E-state index contributed by atoms with van der Waals surface area (Å²) in [6.07, 6.45) is 14.0. The third-order valence-corrected chi connectivity index (χ3v) is 6.72. The van der Waals surface area contributed by atoms with Crippen LogP contribution in [-0.2, 0) is 23.6 Å². The number of aromatic nitrogens is 4. The van der Waals surface area contributed by atoms with Gasteiger partial charge < -0.3 is 18.9 Å². The van der Waals surface area contributed by atoms with Crippen molar-refractivity contribution in [3.8, 4) is 0 Å². The van der Waals surface area contributed by atoms with Gasteiger partial charge in [-0.1, -0.05) is 13.8 Å². The van der Waals surface area contributed by atoms with Crippen molar-refractivity contribution in [1.29, 1.82) is 0 Å². The number of likely N-dealkylation sites (tertiary alicyclic amines) is 1. The van der Waals surface area contributed by atoms with Crippen LogP contribution in [0.15, 0.2) is 24.9 Å². The van der Waals surface area contributed by atoms with Crippen LogP contribution in [0.1, 0.15) is 70.6 Å². The maximum Gasteiger partial charge on any atom is 0.112 e. The second kappa shape index (κ2) is 18.5. The third-order valence-electron chi connectivity index (χ3n) is 6.72. The average molecular weight is 524 g/mol. The molecule has 2 aromatic rings. The predicted molar refractivity (Wildman–Crippen MR) is 151 cm³/mol. The number of nitrogens with zero attached hydrogens (tertiary/aromatic N) is 5. The molecular formula is C29H54FN5O2. The molecule has 37 heavy (non-hydrogen) atoms. The molecule has 0 aliphatic carbocycles. The van der Waals surface area contributed by atoms with Crippen LogP contribution in [0.5, 0.6) is 0 Å². The normalized spacial score (nSPS) is 20.0. The number of hydrogen-bond donors (Lipinski definition) is 0. The molecule has 0 aromatic carbocycles.